The molecule has 1 unspecified atom stereocenters. The molecule has 0 fully saturated rings. The van der Waals surface area contributed by atoms with Crippen LogP contribution in [0.5, 0.6) is 5.75 Å². The highest BCUT2D eigenvalue weighted by Gasteiger charge is 2.17. The molecule has 108 valence electrons. The van der Waals surface area contributed by atoms with Crippen molar-refractivity contribution in [2.75, 3.05) is 13.7 Å². The van der Waals surface area contributed by atoms with Crippen LogP contribution in [0.15, 0.2) is 24.5 Å². The molecule has 4 heteroatoms. The van der Waals surface area contributed by atoms with Gasteiger partial charge >= 0.3 is 0 Å². The number of hydrogen-bond acceptors (Lipinski definition) is 4. The fraction of sp³-hybridized carbons (Fsp3) is 0.438. The quantitative estimate of drug-likeness (QED) is 0.877. The predicted octanol–water partition coefficient (Wildman–Crippen LogP) is 3.86. The maximum atomic E-state index is 5.29. The fourth-order valence-corrected chi connectivity index (χ4v) is 3.27. The molecule has 0 saturated carbocycles. The molecule has 2 aromatic heterocycles. The van der Waals surface area contributed by atoms with E-state index in [2.05, 4.69) is 43.2 Å². The summed E-state index contributed by atoms with van der Waals surface area (Å²) in [5, 5.41) is 3.61. The minimum Gasteiger partial charge on any atom is -0.495 e. The lowest BCUT2D eigenvalue weighted by Crippen LogP contribution is -2.22. The van der Waals surface area contributed by atoms with Crippen LogP contribution in [-0.4, -0.2) is 18.6 Å². The standard InChI is InChI=1S/C16H22N2OS/c1-5-6-18-16(15-7-11(2)12(3)20-15)13-8-14(19-4)10-17-9-13/h7-10,16,18H,5-6H2,1-4H3. The first-order valence-corrected chi connectivity index (χ1v) is 7.76. The molecule has 0 aromatic carbocycles. The van der Waals surface area contributed by atoms with E-state index in [1.807, 2.05) is 17.5 Å². The lowest BCUT2D eigenvalue weighted by atomic mass is 10.1. The number of ether oxygens (including phenoxy) is 1. The first-order valence-electron chi connectivity index (χ1n) is 6.95. The maximum absolute atomic E-state index is 5.29. The lowest BCUT2D eigenvalue weighted by molar-refractivity contribution is 0.411. The van der Waals surface area contributed by atoms with Gasteiger partial charge in [0.05, 0.1) is 19.3 Å². The summed E-state index contributed by atoms with van der Waals surface area (Å²) in [6.45, 7) is 7.50. The van der Waals surface area contributed by atoms with Crippen molar-refractivity contribution in [3.8, 4) is 5.75 Å². The molecule has 0 aliphatic carbocycles. The smallest absolute Gasteiger partial charge is 0.137 e. The van der Waals surface area contributed by atoms with Gasteiger partial charge in [0.2, 0.25) is 0 Å². The molecule has 1 atom stereocenters. The Morgan fingerprint density at radius 2 is 2.10 bits per heavy atom. The van der Waals surface area contributed by atoms with E-state index < -0.39 is 0 Å². The van der Waals surface area contributed by atoms with Crippen molar-refractivity contribution in [2.45, 2.75) is 33.2 Å². The summed E-state index contributed by atoms with van der Waals surface area (Å²) in [5.74, 6) is 0.802. The van der Waals surface area contributed by atoms with Crippen LogP contribution in [0.25, 0.3) is 0 Å². The molecule has 0 aliphatic heterocycles. The minimum absolute atomic E-state index is 0.190. The third-order valence-corrected chi connectivity index (χ3v) is 4.59. The molecule has 0 saturated heterocycles. The van der Waals surface area contributed by atoms with Crippen LogP contribution in [0.3, 0.4) is 0 Å². The van der Waals surface area contributed by atoms with Crippen LogP contribution in [0, 0.1) is 13.8 Å². The Morgan fingerprint density at radius 1 is 1.30 bits per heavy atom. The first kappa shape index (κ1) is 15.0. The number of pyridine rings is 1. The summed E-state index contributed by atoms with van der Waals surface area (Å²) in [5.41, 5.74) is 2.50. The number of methoxy groups -OCH3 is 1. The molecule has 0 radical (unpaired) electrons. The SMILES string of the molecule is CCCNC(c1cncc(OC)c1)c1cc(C)c(C)s1. The molecular weight excluding hydrogens is 268 g/mol. The Hall–Kier alpha value is -1.39. The Kier molecular flexibility index (Phi) is 5.15. The summed E-state index contributed by atoms with van der Waals surface area (Å²) in [4.78, 5) is 6.99. The van der Waals surface area contributed by atoms with Crippen molar-refractivity contribution in [3.63, 3.8) is 0 Å². The van der Waals surface area contributed by atoms with E-state index in [1.165, 1.54) is 15.3 Å². The molecule has 0 spiro atoms. The van der Waals surface area contributed by atoms with Gasteiger partial charge in [0.25, 0.3) is 0 Å². The lowest BCUT2D eigenvalue weighted by Gasteiger charge is -2.18. The molecule has 2 rings (SSSR count). The molecule has 0 bridgehead atoms. The van der Waals surface area contributed by atoms with Crippen molar-refractivity contribution in [3.05, 3.63) is 45.4 Å². The number of rotatable bonds is 6. The second-order valence-electron chi connectivity index (χ2n) is 4.93. The molecule has 2 heterocycles. The van der Waals surface area contributed by atoms with E-state index in [0.29, 0.717) is 0 Å². The van der Waals surface area contributed by atoms with E-state index >= 15 is 0 Å². The summed E-state index contributed by atoms with van der Waals surface area (Å²) in [6.07, 6.45) is 4.77. The average Bonchev–Trinajstić information content (AvgIpc) is 2.79. The molecule has 2 aromatic rings. The van der Waals surface area contributed by atoms with Gasteiger partial charge in [-0.2, -0.15) is 0 Å². The van der Waals surface area contributed by atoms with Gasteiger partial charge < -0.3 is 10.1 Å². The van der Waals surface area contributed by atoms with Crippen LogP contribution in [0.2, 0.25) is 0 Å². The molecule has 3 nitrogen and oxygen atoms in total. The topological polar surface area (TPSA) is 34.2 Å². The number of aromatic nitrogens is 1. The second kappa shape index (κ2) is 6.86. The highest BCUT2D eigenvalue weighted by Crippen LogP contribution is 2.31. The zero-order valence-corrected chi connectivity index (χ0v) is 13.4. The highest BCUT2D eigenvalue weighted by atomic mass is 32.1. The third-order valence-electron chi connectivity index (χ3n) is 3.37. The Labute approximate surface area is 125 Å². The van der Waals surface area contributed by atoms with E-state index in [4.69, 9.17) is 4.74 Å². The van der Waals surface area contributed by atoms with Crippen molar-refractivity contribution < 1.29 is 4.74 Å². The molecule has 20 heavy (non-hydrogen) atoms. The number of nitrogens with one attached hydrogen (secondary N) is 1. The van der Waals surface area contributed by atoms with Crippen LogP contribution < -0.4 is 10.1 Å². The Bertz CT molecular complexity index is 546. The normalized spacial score (nSPS) is 12.4. The van der Waals surface area contributed by atoms with E-state index in [1.54, 1.807) is 13.3 Å². The van der Waals surface area contributed by atoms with E-state index in [9.17, 15) is 0 Å². The first-order chi connectivity index (χ1) is 9.65. The van der Waals surface area contributed by atoms with Crippen molar-refractivity contribution in [1.29, 1.82) is 0 Å². The minimum atomic E-state index is 0.190. The van der Waals surface area contributed by atoms with Crippen LogP contribution in [0.4, 0.5) is 0 Å². The largest absolute Gasteiger partial charge is 0.495 e. The van der Waals surface area contributed by atoms with Crippen LogP contribution in [0.1, 0.15) is 40.3 Å². The molecule has 0 amide bonds. The molecular formula is C16H22N2OS. The van der Waals surface area contributed by atoms with Gasteiger partial charge in [0.1, 0.15) is 5.75 Å². The summed E-state index contributed by atoms with van der Waals surface area (Å²) in [7, 11) is 1.68. The molecule has 1 N–H and O–H groups in total. The maximum Gasteiger partial charge on any atom is 0.137 e. The van der Waals surface area contributed by atoms with Crippen molar-refractivity contribution in [2.24, 2.45) is 0 Å². The van der Waals surface area contributed by atoms with Crippen molar-refractivity contribution in [1.82, 2.24) is 10.3 Å². The van der Waals surface area contributed by atoms with Gasteiger partial charge in [0.15, 0.2) is 0 Å². The number of nitrogens with zero attached hydrogens (tertiary/aromatic N) is 1. The number of hydrogen-bond donors (Lipinski definition) is 1. The Balaban J connectivity index is 2.35. The zero-order valence-electron chi connectivity index (χ0n) is 12.6. The number of aryl methyl sites for hydroxylation is 2. The monoisotopic (exact) mass is 290 g/mol. The van der Waals surface area contributed by atoms with Gasteiger partial charge in [-0.3, -0.25) is 4.98 Å². The van der Waals surface area contributed by atoms with Gasteiger partial charge in [-0.15, -0.1) is 11.3 Å². The Morgan fingerprint density at radius 3 is 2.70 bits per heavy atom. The van der Waals surface area contributed by atoms with Gasteiger partial charge in [-0.25, -0.2) is 0 Å². The van der Waals surface area contributed by atoms with Gasteiger partial charge in [-0.1, -0.05) is 6.92 Å². The number of thiophene rings is 1. The van der Waals surface area contributed by atoms with Gasteiger partial charge in [0, 0.05) is 16.0 Å². The third kappa shape index (κ3) is 3.38. The summed E-state index contributed by atoms with van der Waals surface area (Å²) >= 11 is 1.85. The summed E-state index contributed by atoms with van der Waals surface area (Å²) in [6, 6.07) is 4.52. The van der Waals surface area contributed by atoms with Crippen LogP contribution >= 0.6 is 11.3 Å². The fourth-order valence-electron chi connectivity index (χ4n) is 2.12. The highest BCUT2D eigenvalue weighted by molar-refractivity contribution is 7.12. The summed E-state index contributed by atoms with van der Waals surface area (Å²) < 4.78 is 5.29. The zero-order chi connectivity index (χ0) is 14.5. The van der Waals surface area contributed by atoms with E-state index in [-0.39, 0.29) is 6.04 Å². The van der Waals surface area contributed by atoms with Crippen molar-refractivity contribution >= 4 is 11.3 Å². The van der Waals surface area contributed by atoms with E-state index in [0.717, 1.165) is 24.3 Å². The van der Waals surface area contributed by atoms with Gasteiger partial charge in [-0.05, 0) is 50.1 Å². The predicted molar refractivity (Wildman–Crippen MR) is 84.7 cm³/mol. The molecule has 0 aliphatic rings. The average molecular weight is 290 g/mol. The second-order valence-corrected chi connectivity index (χ2v) is 6.22. The van der Waals surface area contributed by atoms with Crippen LogP contribution in [-0.2, 0) is 0 Å².